The molecule has 0 amide bonds. The molecule has 67 heavy (non-hydrogen) atoms. The van der Waals surface area contributed by atoms with Crippen molar-refractivity contribution in [1.82, 2.24) is 0 Å². The van der Waals surface area contributed by atoms with Crippen LogP contribution in [0.15, 0.2) is 34.5 Å². The van der Waals surface area contributed by atoms with Gasteiger partial charge < -0.3 is 37.3 Å². The van der Waals surface area contributed by atoms with Gasteiger partial charge in [0.2, 0.25) is 0 Å². The van der Waals surface area contributed by atoms with Gasteiger partial charge in [0.25, 0.3) is 0 Å². The molecule has 5 rings (SSSR count). The molecular weight excluding hydrogens is 988 g/mol. The van der Waals surface area contributed by atoms with E-state index in [4.69, 9.17) is 32.5 Å². The number of aldehydes is 1. The molecule has 0 saturated carbocycles. The van der Waals surface area contributed by atoms with Crippen LogP contribution in [0.2, 0.25) is 36.3 Å². The highest BCUT2D eigenvalue weighted by molar-refractivity contribution is 14.1. The number of ether oxygens (including phenoxy) is 5. The van der Waals surface area contributed by atoms with Gasteiger partial charge in [-0.25, -0.2) is 0 Å². The zero-order valence-corrected chi connectivity index (χ0v) is 48.9. The van der Waals surface area contributed by atoms with Crippen LogP contribution in [0.3, 0.4) is 0 Å². The summed E-state index contributed by atoms with van der Waals surface area (Å²) in [6.07, 6.45) is 12.1. The molecule has 0 aromatic rings. The van der Waals surface area contributed by atoms with E-state index in [-0.39, 0.29) is 107 Å². The minimum Gasteiger partial charge on any atom is -0.411 e. The predicted octanol–water partition coefficient (Wildman–Crippen LogP) is 13.7. The molecule has 9 nitrogen and oxygen atoms in total. The van der Waals surface area contributed by atoms with Crippen LogP contribution in [-0.2, 0) is 42.1 Å². The first kappa shape index (κ1) is 57.3. The number of hydrogen-bond donors (Lipinski definition) is 0. The van der Waals surface area contributed by atoms with Gasteiger partial charge in [0.15, 0.2) is 16.6 Å². The maximum atomic E-state index is 14.5. The highest BCUT2D eigenvalue weighted by atomic mass is 127. The van der Waals surface area contributed by atoms with Crippen LogP contribution in [-0.4, -0.2) is 102 Å². The highest BCUT2D eigenvalue weighted by Crippen LogP contribution is 2.47. The largest absolute Gasteiger partial charge is 0.411 e. The molecule has 0 radical (unpaired) electrons. The zero-order chi connectivity index (χ0) is 49.8. The molecule has 0 aliphatic carbocycles. The van der Waals surface area contributed by atoms with E-state index in [2.05, 4.69) is 148 Å². The molecule has 5 saturated heterocycles. The predicted molar refractivity (Wildman–Crippen MR) is 286 cm³/mol. The second kappa shape index (κ2) is 24.0. The van der Waals surface area contributed by atoms with Crippen molar-refractivity contribution < 1.29 is 42.1 Å². The number of Topliss-reactive ketones (excluding diaryl/α,β-unsaturated/α-hetero) is 1. The Labute approximate surface area is 424 Å². The molecule has 5 heterocycles. The summed E-state index contributed by atoms with van der Waals surface area (Å²) in [4.78, 5) is 25.4. The summed E-state index contributed by atoms with van der Waals surface area (Å²) < 4.78 is 51.1. The smallest absolute Gasteiger partial charge is 0.193 e. The van der Waals surface area contributed by atoms with Crippen LogP contribution in [0.5, 0.6) is 0 Å². The molecule has 0 aromatic carbocycles. The summed E-state index contributed by atoms with van der Waals surface area (Å²) in [6, 6.07) is 0. The third kappa shape index (κ3) is 14.6. The normalized spacial score (nSPS) is 36.6. The molecular formula is C55H95IO9Si2. The van der Waals surface area contributed by atoms with Crippen molar-refractivity contribution in [3.63, 3.8) is 0 Å². The third-order valence-corrected chi connectivity index (χ3v) is 27.1. The first-order chi connectivity index (χ1) is 31.2. The van der Waals surface area contributed by atoms with E-state index < -0.39 is 16.6 Å². The topological polar surface area (TPSA) is 98.8 Å². The fourth-order valence-electron chi connectivity index (χ4n) is 10.9. The maximum Gasteiger partial charge on any atom is 0.193 e. The average Bonchev–Trinajstić information content (AvgIpc) is 3.73. The van der Waals surface area contributed by atoms with Crippen LogP contribution < -0.4 is 0 Å². The molecule has 12 heteroatoms. The molecule has 384 valence electrons. The lowest BCUT2D eigenvalue weighted by molar-refractivity contribution is -0.251. The Morgan fingerprint density at radius 3 is 2.13 bits per heavy atom. The van der Waals surface area contributed by atoms with Crippen LogP contribution in [0, 0.1) is 29.6 Å². The summed E-state index contributed by atoms with van der Waals surface area (Å²) in [7, 11) is -4.41. The first-order valence-electron chi connectivity index (χ1n) is 26.4. The Bertz CT molecular complexity index is 1690. The number of carbonyl (C=O) groups excluding carboxylic acids is 2. The summed E-state index contributed by atoms with van der Waals surface area (Å²) in [5.74, 6) is 1.50. The number of rotatable bonds is 21. The Balaban J connectivity index is 1.28. The van der Waals surface area contributed by atoms with Crippen molar-refractivity contribution in [3.05, 3.63) is 34.5 Å². The van der Waals surface area contributed by atoms with Crippen molar-refractivity contribution in [2.24, 2.45) is 29.6 Å². The quantitative estimate of drug-likeness (QED) is 0.0482. The van der Waals surface area contributed by atoms with E-state index in [0.717, 1.165) is 75.2 Å². The molecule has 0 aromatic heterocycles. The second-order valence-corrected chi connectivity index (χ2v) is 35.1. The van der Waals surface area contributed by atoms with Crippen LogP contribution in [0.4, 0.5) is 0 Å². The summed E-state index contributed by atoms with van der Waals surface area (Å²) in [5, 5.41) is 0.0538. The monoisotopic (exact) mass is 1080 g/mol. The molecule has 0 bridgehead atoms. The van der Waals surface area contributed by atoms with Gasteiger partial charge in [0.05, 0.1) is 67.1 Å². The van der Waals surface area contributed by atoms with E-state index in [1.54, 1.807) is 0 Å². The molecule has 5 aliphatic rings. The van der Waals surface area contributed by atoms with Gasteiger partial charge in [-0.2, -0.15) is 0 Å². The Kier molecular flexibility index (Phi) is 20.5. The van der Waals surface area contributed by atoms with Crippen molar-refractivity contribution in [1.29, 1.82) is 0 Å². The highest BCUT2D eigenvalue weighted by Gasteiger charge is 2.54. The van der Waals surface area contributed by atoms with Crippen LogP contribution in [0.25, 0.3) is 0 Å². The fraction of sp³-hybridized carbons (Fsp3) is 0.855. The second-order valence-electron chi connectivity index (χ2n) is 24.9. The van der Waals surface area contributed by atoms with Gasteiger partial charge in [-0.15, -0.1) is 0 Å². The zero-order valence-electron chi connectivity index (χ0n) is 44.7. The standard InChI is InChI=1S/C55H95IO9Si2/c1-18-34(2)28-48-38(6)44(50(62-48)33-49-37(5)35(3)29-42(60-49)21-23-45-36(4)30-41(59-45)20-19-27-57)32-40(58)31-43-22-24-46-51(61-43)39(7)52(65-67(16,17)55(11,12)13)53(63-46)47(25-26-56)64-66(14,15)54(8,9)10/h25-27,34-35,38-39,41-53H,4-5,18-24,28-33H2,1-3,6-17H3/b26-25+/t34-,35-,38-,39+,41+,42+,43?,44-,45?,46+,47+,48-,49?,50+,51-,52+,53+/m1/s1. The van der Waals surface area contributed by atoms with Gasteiger partial charge in [-0.3, -0.25) is 4.79 Å². The van der Waals surface area contributed by atoms with Crippen molar-refractivity contribution in [2.75, 3.05) is 0 Å². The molecule has 0 spiro atoms. The Hall–Kier alpha value is -0.556. The minimum atomic E-state index is -2.24. The average molecular weight is 1080 g/mol. The van der Waals surface area contributed by atoms with Crippen molar-refractivity contribution in [3.8, 4) is 0 Å². The Morgan fingerprint density at radius 1 is 0.836 bits per heavy atom. The molecule has 0 N–H and O–H groups in total. The van der Waals surface area contributed by atoms with Crippen molar-refractivity contribution >= 4 is 51.3 Å². The lowest BCUT2D eigenvalue weighted by Gasteiger charge is -2.54. The Morgan fingerprint density at radius 2 is 1.51 bits per heavy atom. The van der Waals surface area contributed by atoms with E-state index in [1.165, 1.54) is 0 Å². The van der Waals surface area contributed by atoms with Crippen LogP contribution in [0.1, 0.15) is 160 Å². The number of halogens is 1. The van der Waals surface area contributed by atoms with E-state index in [1.807, 2.05) is 0 Å². The number of hydrogen-bond acceptors (Lipinski definition) is 9. The molecule has 3 unspecified atom stereocenters. The summed E-state index contributed by atoms with van der Waals surface area (Å²) in [5.41, 5.74) is 2.26. The van der Waals surface area contributed by atoms with Gasteiger partial charge in [-0.1, -0.05) is 118 Å². The lowest BCUT2D eigenvalue weighted by atomic mass is 9.78. The summed E-state index contributed by atoms with van der Waals surface area (Å²) >= 11 is 2.31. The van der Waals surface area contributed by atoms with E-state index in [9.17, 15) is 9.59 Å². The minimum absolute atomic E-state index is 0.0122. The van der Waals surface area contributed by atoms with Gasteiger partial charge in [0, 0.05) is 31.6 Å². The van der Waals surface area contributed by atoms with Crippen molar-refractivity contribution in [2.45, 2.75) is 269 Å². The maximum absolute atomic E-state index is 14.5. The third-order valence-electron chi connectivity index (χ3n) is 17.7. The number of carbonyl (C=O) groups is 2. The van der Waals surface area contributed by atoms with Crippen LogP contribution >= 0.6 is 22.6 Å². The van der Waals surface area contributed by atoms with E-state index in [0.29, 0.717) is 37.5 Å². The van der Waals surface area contributed by atoms with Gasteiger partial charge >= 0.3 is 0 Å². The molecule has 5 aliphatic heterocycles. The molecule has 5 fully saturated rings. The lowest BCUT2D eigenvalue weighted by Crippen LogP contribution is -2.64. The van der Waals surface area contributed by atoms with E-state index >= 15 is 0 Å². The number of ketones is 1. The summed E-state index contributed by atoms with van der Waals surface area (Å²) in [6.45, 7) is 43.3. The number of fused-ring (bicyclic) bond motifs is 1. The SMILES string of the molecule is C=C1C[C@H](CCC=O)OC1CC[C@H]1C[C@@H](C)C(=C)C(C[C@@H]2O[C@H](C[C@H](C)CC)[C@H](C)[C@H]2CC(=O)CC2CC[C@@H]3O[C@@H]([C@H](/C=C/I)O[Si](C)(C)C(C)(C)C)[C@@H](O[Si](C)(C)C(C)(C)C)[C@@H](C)[C@H]3O2)O1. The first-order valence-corrected chi connectivity index (χ1v) is 33.5. The fourth-order valence-corrected chi connectivity index (χ4v) is 13.9. The van der Waals surface area contributed by atoms with Gasteiger partial charge in [0.1, 0.15) is 18.2 Å². The molecule has 17 atom stereocenters. The van der Waals surface area contributed by atoms with Gasteiger partial charge in [-0.05, 0) is 133 Å².